The highest BCUT2D eigenvalue weighted by Crippen LogP contribution is 2.27. The summed E-state index contributed by atoms with van der Waals surface area (Å²) in [4.78, 5) is 49.1. The highest BCUT2D eigenvalue weighted by atomic mass is 32.1. The number of aromatic nitrogens is 2. The van der Waals surface area contributed by atoms with Gasteiger partial charge < -0.3 is 19.4 Å². The van der Waals surface area contributed by atoms with Crippen molar-refractivity contribution in [2.24, 2.45) is 0 Å². The minimum Gasteiger partial charge on any atom is -0.462 e. The number of esters is 1. The molecule has 0 unspecified atom stereocenters. The van der Waals surface area contributed by atoms with Crippen LogP contribution in [0.2, 0.25) is 0 Å². The van der Waals surface area contributed by atoms with Crippen molar-refractivity contribution in [3.8, 4) is 0 Å². The standard InChI is InChI=1S/C20H28N4O5S/c1-6-28-18(26)15-12(2)14-16(25)21-13(22-17(14)30-15)11-23-7-9-24(10-8-23)19(27)29-20(3,4)5/h6-11H2,1-5H3,(H,21,22,25). The first-order valence-corrected chi connectivity index (χ1v) is 10.8. The van der Waals surface area contributed by atoms with Gasteiger partial charge in [0.05, 0.1) is 18.5 Å². The minimum absolute atomic E-state index is 0.258. The number of piperazine rings is 1. The Bertz CT molecular complexity index is 999. The number of ether oxygens (including phenoxy) is 2. The second-order valence-electron chi connectivity index (χ2n) is 8.21. The van der Waals surface area contributed by atoms with Gasteiger partial charge in [-0.25, -0.2) is 14.6 Å². The molecule has 1 aliphatic rings. The Hall–Kier alpha value is -2.46. The van der Waals surface area contributed by atoms with Crippen molar-refractivity contribution >= 4 is 33.6 Å². The molecule has 1 aliphatic heterocycles. The van der Waals surface area contributed by atoms with E-state index in [0.29, 0.717) is 59.2 Å². The third kappa shape index (κ3) is 4.99. The largest absolute Gasteiger partial charge is 0.462 e. The molecule has 0 spiro atoms. The van der Waals surface area contributed by atoms with Crippen LogP contribution in [-0.4, -0.2) is 70.2 Å². The van der Waals surface area contributed by atoms with E-state index >= 15 is 0 Å². The van der Waals surface area contributed by atoms with E-state index in [-0.39, 0.29) is 18.3 Å². The molecule has 0 aliphatic carbocycles. The molecular weight excluding hydrogens is 408 g/mol. The van der Waals surface area contributed by atoms with E-state index in [2.05, 4.69) is 14.9 Å². The summed E-state index contributed by atoms with van der Waals surface area (Å²) in [6.07, 6.45) is -0.310. The fourth-order valence-corrected chi connectivity index (χ4v) is 4.38. The molecule has 10 heteroatoms. The van der Waals surface area contributed by atoms with Gasteiger partial charge in [-0.15, -0.1) is 11.3 Å². The quantitative estimate of drug-likeness (QED) is 0.734. The number of nitrogens with one attached hydrogen (secondary N) is 1. The number of nitrogens with zero attached hydrogens (tertiary/aromatic N) is 3. The van der Waals surface area contributed by atoms with Crippen molar-refractivity contribution in [1.29, 1.82) is 0 Å². The molecule has 1 N–H and O–H groups in total. The molecule has 1 fully saturated rings. The summed E-state index contributed by atoms with van der Waals surface area (Å²) in [5.41, 5.74) is -0.180. The number of aryl methyl sites for hydroxylation is 1. The van der Waals surface area contributed by atoms with E-state index in [1.807, 2.05) is 20.8 Å². The predicted molar refractivity (Wildman–Crippen MR) is 114 cm³/mol. The van der Waals surface area contributed by atoms with Crippen molar-refractivity contribution < 1.29 is 19.1 Å². The summed E-state index contributed by atoms with van der Waals surface area (Å²) in [5.74, 6) is 0.104. The zero-order valence-corrected chi connectivity index (χ0v) is 18.9. The summed E-state index contributed by atoms with van der Waals surface area (Å²) >= 11 is 1.18. The Balaban J connectivity index is 1.69. The van der Waals surface area contributed by atoms with Crippen LogP contribution in [0.1, 0.15) is 48.8 Å². The average molecular weight is 437 g/mol. The Kier molecular flexibility index (Phi) is 6.47. The summed E-state index contributed by atoms with van der Waals surface area (Å²) in [5, 5.41) is 0.432. The van der Waals surface area contributed by atoms with Crippen LogP contribution >= 0.6 is 11.3 Å². The summed E-state index contributed by atoms with van der Waals surface area (Å²) in [7, 11) is 0. The maximum absolute atomic E-state index is 12.6. The van der Waals surface area contributed by atoms with Gasteiger partial charge in [0.1, 0.15) is 21.1 Å². The van der Waals surface area contributed by atoms with Gasteiger partial charge in [0.25, 0.3) is 5.56 Å². The first kappa shape index (κ1) is 22.2. The first-order chi connectivity index (χ1) is 14.1. The van der Waals surface area contributed by atoms with Crippen LogP contribution in [0.25, 0.3) is 10.2 Å². The van der Waals surface area contributed by atoms with Gasteiger partial charge in [-0.2, -0.15) is 0 Å². The van der Waals surface area contributed by atoms with E-state index in [1.165, 1.54) is 11.3 Å². The number of amides is 1. The molecule has 30 heavy (non-hydrogen) atoms. The predicted octanol–water partition coefficient (Wildman–Crippen LogP) is 2.52. The van der Waals surface area contributed by atoms with E-state index in [4.69, 9.17) is 9.47 Å². The second-order valence-corrected chi connectivity index (χ2v) is 9.21. The lowest BCUT2D eigenvalue weighted by molar-refractivity contribution is 0.0137. The van der Waals surface area contributed by atoms with Gasteiger partial charge >= 0.3 is 12.1 Å². The number of hydrogen-bond donors (Lipinski definition) is 1. The van der Waals surface area contributed by atoms with Crippen LogP contribution in [0.4, 0.5) is 4.79 Å². The van der Waals surface area contributed by atoms with Gasteiger partial charge in [-0.1, -0.05) is 0 Å². The fraction of sp³-hybridized carbons (Fsp3) is 0.600. The second kappa shape index (κ2) is 8.73. The van der Waals surface area contributed by atoms with Crippen LogP contribution in [-0.2, 0) is 16.0 Å². The third-order valence-corrected chi connectivity index (χ3v) is 5.87. The molecule has 1 amide bonds. The topological polar surface area (TPSA) is 105 Å². The lowest BCUT2D eigenvalue weighted by Crippen LogP contribution is -2.49. The molecule has 1 saturated heterocycles. The third-order valence-electron chi connectivity index (χ3n) is 4.71. The van der Waals surface area contributed by atoms with Crippen molar-refractivity contribution in [2.75, 3.05) is 32.8 Å². The van der Waals surface area contributed by atoms with Crippen molar-refractivity contribution in [1.82, 2.24) is 19.8 Å². The van der Waals surface area contributed by atoms with Crippen LogP contribution in [0, 0.1) is 6.92 Å². The molecule has 3 rings (SSSR count). The number of rotatable bonds is 4. The van der Waals surface area contributed by atoms with Crippen LogP contribution in [0.15, 0.2) is 4.79 Å². The number of thiophene rings is 1. The molecule has 3 heterocycles. The number of hydrogen-bond acceptors (Lipinski definition) is 8. The number of carbonyl (C=O) groups excluding carboxylic acids is 2. The minimum atomic E-state index is -0.520. The Labute approximate surface area is 179 Å². The first-order valence-electron chi connectivity index (χ1n) is 9.98. The van der Waals surface area contributed by atoms with Crippen LogP contribution in [0.5, 0.6) is 0 Å². The smallest absolute Gasteiger partial charge is 0.410 e. The Morgan fingerprint density at radius 1 is 1.20 bits per heavy atom. The molecule has 0 saturated carbocycles. The van der Waals surface area contributed by atoms with E-state index in [9.17, 15) is 14.4 Å². The van der Waals surface area contributed by atoms with Crippen LogP contribution < -0.4 is 5.56 Å². The monoisotopic (exact) mass is 436 g/mol. The number of fused-ring (bicyclic) bond motifs is 1. The lowest BCUT2D eigenvalue weighted by atomic mass is 10.2. The molecular formula is C20H28N4O5S. The molecule has 9 nitrogen and oxygen atoms in total. The summed E-state index contributed by atoms with van der Waals surface area (Å²) < 4.78 is 10.5. The zero-order chi connectivity index (χ0) is 22.1. The number of H-pyrrole nitrogens is 1. The van der Waals surface area contributed by atoms with Gasteiger partial charge in [0, 0.05) is 26.2 Å². The zero-order valence-electron chi connectivity index (χ0n) is 18.0. The summed E-state index contributed by atoms with van der Waals surface area (Å²) in [6.45, 7) is 12.1. The number of carbonyl (C=O) groups is 2. The normalized spacial score (nSPS) is 15.4. The highest BCUT2D eigenvalue weighted by molar-refractivity contribution is 7.20. The molecule has 164 valence electrons. The van der Waals surface area contributed by atoms with Crippen molar-refractivity contribution in [3.63, 3.8) is 0 Å². The van der Waals surface area contributed by atoms with Gasteiger partial charge in [0.2, 0.25) is 0 Å². The van der Waals surface area contributed by atoms with Gasteiger partial charge in [-0.05, 0) is 40.2 Å². The molecule has 0 radical (unpaired) electrons. The molecule has 2 aromatic rings. The van der Waals surface area contributed by atoms with Crippen LogP contribution in [0.3, 0.4) is 0 Å². The van der Waals surface area contributed by atoms with Gasteiger partial charge in [-0.3, -0.25) is 9.69 Å². The molecule has 0 atom stereocenters. The maximum atomic E-state index is 12.6. The van der Waals surface area contributed by atoms with E-state index in [1.54, 1.807) is 18.7 Å². The average Bonchev–Trinajstić information content (AvgIpc) is 2.98. The highest BCUT2D eigenvalue weighted by Gasteiger charge is 2.26. The molecule has 0 bridgehead atoms. The van der Waals surface area contributed by atoms with E-state index in [0.717, 1.165) is 0 Å². The van der Waals surface area contributed by atoms with Crippen molar-refractivity contribution in [3.05, 3.63) is 26.6 Å². The Morgan fingerprint density at radius 3 is 2.47 bits per heavy atom. The molecule has 2 aromatic heterocycles. The van der Waals surface area contributed by atoms with Gasteiger partial charge in [0.15, 0.2) is 0 Å². The summed E-state index contributed by atoms with van der Waals surface area (Å²) in [6, 6.07) is 0. The lowest BCUT2D eigenvalue weighted by Gasteiger charge is -2.35. The molecule has 0 aromatic carbocycles. The number of aromatic amines is 1. The SMILES string of the molecule is CCOC(=O)c1sc2nc(CN3CCN(C(=O)OC(C)(C)C)CC3)[nH]c(=O)c2c1C. The van der Waals surface area contributed by atoms with E-state index < -0.39 is 11.6 Å². The Morgan fingerprint density at radius 2 is 1.87 bits per heavy atom. The fourth-order valence-electron chi connectivity index (χ4n) is 3.28. The maximum Gasteiger partial charge on any atom is 0.410 e. The van der Waals surface area contributed by atoms with Crippen molar-refractivity contribution in [2.45, 2.75) is 46.8 Å².